The van der Waals surface area contributed by atoms with E-state index in [1.165, 1.54) is 0 Å². The van der Waals surface area contributed by atoms with Gasteiger partial charge in [-0.25, -0.2) is 9.48 Å². The Morgan fingerprint density at radius 2 is 2.19 bits per heavy atom. The largest absolute Gasteiger partial charge is 0.462 e. The normalized spacial score (nSPS) is 14.2. The van der Waals surface area contributed by atoms with Crippen molar-refractivity contribution in [3.63, 3.8) is 0 Å². The lowest BCUT2D eigenvalue weighted by atomic mass is 10.1. The third-order valence-electron chi connectivity index (χ3n) is 3.58. The van der Waals surface area contributed by atoms with Gasteiger partial charge in [0.05, 0.1) is 24.2 Å². The van der Waals surface area contributed by atoms with Crippen molar-refractivity contribution in [3.05, 3.63) is 41.7 Å². The van der Waals surface area contributed by atoms with Crippen molar-refractivity contribution in [1.82, 2.24) is 9.78 Å². The van der Waals surface area contributed by atoms with Crippen LogP contribution in [-0.4, -0.2) is 28.6 Å². The van der Waals surface area contributed by atoms with Gasteiger partial charge in [0.25, 0.3) is 0 Å². The molecule has 1 aromatic heterocycles. The fourth-order valence-electron chi connectivity index (χ4n) is 2.47. The molecule has 0 aliphatic heterocycles. The summed E-state index contributed by atoms with van der Waals surface area (Å²) in [4.78, 5) is 13.3. The molecule has 0 N–H and O–H groups in total. The number of aromatic nitrogens is 2. The molecule has 0 saturated heterocycles. The van der Waals surface area contributed by atoms with Crippen LogP contribution in [0.1, 0.15) is 41.7 Å². The number of para-hydroxylation sites is 1. The Hall–Kier alpha value is -1.75. The summed E-state index contributed by atoms with van der Waals surface area (Å²) < 4.78 is 7.07. The highest BCUT2D eigenvalue weighted by molar-refractivity contribution is 7.98. The number of ether oxygens (including phenoxy) is 1. The molecule has 1 fully saturated rings. The van der Waals surface area contributed by atoms with Crippen molar-refractivity contribution >= 4 is 17.7 Å². The van der Waals surface area contributed by atoms with Crippen molar-refractivity contribution in [3.8, 4) is 5.69 Å². The van der Waals surface area contributed by atoms with Crippen LogP contribution < -0.4 is 0 Å². The minimum Gasteiger partial charge on any atom is -0.462 e. The quantitative estimate of drug-likeness (QED) is 0.624. The minimum absolute atomic E-state index is 0.271. The maximum absolute atomic E-state index is 12.1. The summed E-state index contributed by atoms with van der Waals surface area (Å²) in [6.07, 6.45) is 5.91. The number of hydrogen-bond donors (Lipinski definition) is 0. The van der Waals surface area contributed by atoms with Gasteiger partial charge >= 0.3 is 5.97 Å². The molecule has 0 atom stereocenters. The average Bonchev–Trinajstić information content (AvgIpc) is 3.25. The van der Waals surface area contributed by atoms with Crippen molar-refractivity contribution in [1.29, 1.82) is 0 Å². The van der Waals surface area contributed by atoms with Crippen molar-refractivity contribution in [2.24, 2.45) is 0 Å². The fourth-order valence-corrected chi connectivity index (χ4v) is 3.05. The first-order chi connectivity index (χ1) is 10.3. The highest BCUT2D eigenvalue weighted by Gasteiger charge is 2.33. The molecular formula is C16H18N2O2S. The molecule has 2 aromatic rings. The molecule has 1 aromatic carbocycles. The Balaban J connectivity index is 2.09. The van der Waals surface area contributed by atoms with Crippen LogP contribution in [-0.2, 0) is 4.74 Å². The Morgan fingerprint density at radius 3 is 2.86 bits per heavy atom. The first kappa shape index (κ1) is 14.2. The van der Waals surface area contributed by atoms with E-state index in [-0.39, 0.29) is 5.97 Å². The Morgan fingerprint density at radius 1 is 1.43 bits per heavy atom. The standard InChI is InChI=1S/C16H18N2O2S/c1-3-20-16(19)12-10-17-18(15(12)11-8-9-11)13-6-4-5-7-14(13)21-2/h4-7,10-11H,3,8-9H2,1-2H3. The SMILES string of the molecule is CCOC(=O)c1cnn(-c2ccccc2SC)c1C1CC1. The highest BCUT2D eigenvalue weighted by atomic mass is 32.2. The molecule has 1 heterocycles. The summed E-state index contributed by atoms with van der Waals surface area (Å²) in [6.45, 7) is 2.21. The molecule has 3 rings (SSSR count). The van der Waals surface area contributed by atoms with Crippen LogP contribution in [0, 0.1) is 0 Å². The summed E-state index contributed by atoms with van der Waals surface area (Å²) in [5, 5.41) is 4.46. The van der Waals surface area contributed by atoms with E-state index in [1.54, 1.807) is 18.0 Å². The molecule has 110 valence electrons. The number of rotatable bonds is 5. The van der Waals surface area contributed by atoms with Gasteiger partial charge < -0.3 is 4.74 Å². The number of thioether (sulfide) groups is 1. The van der Waals surface area contributed by atoms with Gasteiger partial charge in [0.15, 0.2) is 0 Å². The van der Waals surface area contributed by atoms with Gasteiger partial charge in [0, 0.05) is 10.8 Å². The van der Waals surface area contributed by atoms with Gasteiger partial charge in [0.1, 0.15) is 5.56 Å². The number of carbonyl (C=O) groups is 1. The number of carbonyl (C=O) groups excluding carboxylic acids is 1. The molecule has 1 saturated carbocycles. The van der Waals surface area contributed by atoms with E-state index in [4.69, 9.17) is 4.74 Å². The smallest absolute Gasteiger partial charge is 0.341 e. The Bertz CT molecular complexity index is 662. The maximum Gasteiger partial charge on any atom is 0.341 e. The van der Waals surface area contributed by atoms with Gasteiger partial charge in [0.2, 0.25) is 0 Å². The fraction of sp³-hybridized carbons (Fsp3) is 0.375. The first-order valence-electron chi connectivity index (χ1n) is 7.14. The molecule has 0 unspecified atom stereocenters. The number of nitrogens with zero attached hydrogens (tertiary/aromatic N) is 2. The van der Waals surface area contributed by atoms with E-state index in [0.717, 1.165) is 29.1 Å². The molecule has 1 aliphatic rings. The zero-order valence-corrected chi connectivity index (χ0v) is 13.0. The van der Waals surface area contributed by atoms with E-state index < -0.39 is 0 Å². The predicted molar refractivity (Wildman–Crippen MR) is 83.3 cm³/mol. The number of hydrogen-bond acceptors (Lipinski definition) is 4. The lowest BCUT2D eigenvalue weighted by molar-refractivity contribution is 0.0525. The second kappa shape index (κ2) is 5.93. The molecule has 0 amide bonds. The van der Waals surface area contributed by atoms with E-state index in [9.17, 15) is 4.79 Å². The third-order valence-corrected chi connectivity index (χ3v) is 4.36. The average molecular weight is 302 g/mol. The lowest BCUT2D eigenvalue weighted by Crippen LogP contribution is -2.09. The second-order valence-electron chi connectivity index (χ2n) is 5.02. The van der Waals surface area contributed by atoms with Crippen LogP contribution in [0.4, 0.5) is 0 Å². The zero-order valence-electron chi connectivity index (χ0n) is 12.2. The van der Waals surface area contributed by atoms with E-state index in [2.05, 4.69) is 11.2 Å². The summed E-state index contributed by atoms with van der Waals surface area (Å²) in [7, 11) is 0. The molecule has 4 nitrogen and oxygen atoms in total. The monoisotopic (exact) mass is 302 g/mol. The number of esters is 1. The third kappa shape index (κ3) is 2.70. The second-order valence-corrected chi connectivity index (χ2v) is 5.87. The molecule has 21 heavy (non-hydrogen) atoms. The lowest BCUT2D eigenvalue weighted by Gasteiger charge is -2.11. The van der Waals surface area contributed by atoms with E-state index in [1.807, 2.05) is 36.1 Å². The number of benzene rings is 1. The molecule has 0 radical (unpaired) electrons. The van der Waals surface area contributed by atoms with Crippen LogP contribution in [0.2, 0.25) is 0 Å². The van der Waals surface area contributed by atoms with Gasteiger partial charge in [-0.2, -0.15) is 5.10 Å². The molecular weight excluding hydrogens is 284 g/mol. The van der Waals surface area contributed by atoms with E-state index in [0.29, 0.717) is 18.1 Å². The summed E-state index contributed by atoms with van der Waals surface area (Å²) >= 11 is 1.68. The maximum atomic E-state index is 12.1. The van der Waals surface area contributed by atoms with Gasteiger partial charge in [-0.3, -0.25) is 0 Å². The first-order valence-corrected chi connectivity index (χ1v) is 8.37. The molecule has 0 bridgehead atoms. The van der Waals surface area contributed by atoms with Crippen LogP contribution in [0.5, 0.6) is 0 Å². The van der Waals surface area contributed by atoms with Gasteiger partial charge in [-0.15, -0.1) is 11.8 Å². The molecule has 0 spiro atoms. The van der Waals surface area contributed by atoms with Crippen LogP contribution in [0.3, 0.4) is 0 Å². The zero-order chi connectivity index (χ0) is 14.8. The van der Waals surface area contributed by atoms with Gasteiger partial charge in [-0.05, 0) is 38.2 Å². The topological polar surface area (TPSA) is 44.1 Å². The van der Waals surface area contributed by atoms with Crippen molar-refractivity contribution in [2.45, 2.75) is 30.6 Å². The van der Waals surface area contributed by atoms with Gasteiger partial charge in [-0.1, -0.05) is 12.1 Å². The predicted octanol–water partition coefficient (Wildman–Crippen LogP) is 3.65. The van der Waals surface area contributed by atoms with Crippen LogP contribution >= 0.6 is 11.8 Å². The van der Waals surface area contributed by atoms with Crippen molar-refractivity contribution in [2.75, 3.05) is 12.9 Å². The minimum atomic E-state index is -0.271. The Labute approximate surface area is 128 Å². The summed E-state index contributed by atoms with van der Waals surface area (Å²) in [5.74, 6) is 0.147. The Kier molecular flexibility index (Phi) is 4.01. The highest BCUT2D eigenvalue weighted by Crippen LogP contribution is 2.43. The summed E-state index contributed by atoms with van der Waals surface area (Å²) in [6, 6.07) is 8.13. The molecule has 5 heteroatoms. The summed E-state index contributed by atoms with van der Waals surface area (Å²) in [5.41, 5.74) is 2.63. The van der Waals surface area contributed by atoms with Crippen LogP contribution in [0.15, 0.2) is 35.4 Å². The molecule has 1 aliphatic carbocycles. The van der Waals surface area contributed by atoms with Crippen LogP contribution in [0.25, 0.3) is 5.69 Å². The van der Waals surface area contributed by atoms with E-state index >= 15 is 0 Å². The van der Waals surface area contributed by atoms with Crippen molar-refractivity contribution < 1.29 is 9.53 Å².